The fourth-order valence-corrected chi connectivity index (χ4v) is 4.33. The molecule has 0 radical (unpaired) electrons. The van der Waals surface area contributed by atoms with Crippen LogP contribution in [0.3, 0.4) is 0 Å². The molecule has 3 atom stereocenters. The molecule has 0 fully saturated rings. The van der Waals surface area contributed by atoms with Gasteiger partial charge in [0.05, 0.1) is 11.5 Å². The van der Waals surface area contributed by atoms with Gasteiger partial charge < -0.3 is 10.4 Å². The predicted octanol–water partition coefficient (Wildman–Crippen LogP) is 4.53. The standard InChI is InChI=1S/C24H26FNO3/c1-14-5-11-19(12-6-14)26-20-13-24(4,29)23(16(3)28)22(21(20)15(2)27)17-7-9-18(25)10-8-17/h5-12,22-23,26,29H,13H2,1-4H3/t22-,23-,24-/m1/s1. The maximum absolute atomic E-state index is 13.5. The number of hydrogen-bond acceptors (Lipinski definition) is 4. The summed E-state index contributed by atoms with van der Waals surface area (Å²) in [7, 11) is 0. The van der Waals surface area contributed by atoms with Gasteiger partial charge in [-0.15, -0.1) is 0 Å². The topological polar surface area (TPSA) is 66.4 Å². The van der Waals surface area contributed by atoms with Crippen molar-refractivity contribution in [1.82, 2.24) is 0 Å². The van der Waals surface area contributed by atoms with Crippen molar-refractivity contribution in [3.63, 3.8) is 0 Å². The Morgan fingerprint density at radius 3 is 2.17 bits per heavy atom. The van der Waals surface area contributed by atoms with Crippen LogP contribution in [0.4, 0.5) is 10.1 Å². The molecule has 0 saturated heterocycles. The van der Waals surface area contributed by atoms with Gasteiger partial charge in [0.25, 0.3) is 0 Å². The van der Waals surface area contributed by atoms with Gasteiger partial charge in [0.1, 0.15) is 11.6 Å². The van der Waals surface area contributed by atoms with Gasteiger partial charge >= 0.3 is 0 Å². The molecule has 0 aliphatic heterocycles. The van der Waals surface area contributed by atoms with Crippen LogP contribution in [0.2, 0.25) is 0 Å². The summed E-state index contributed by atoms with van der Waals surface area (Å²) in [5, 5.41) is 14.5. The lowest BCUT2D eigenvalue weighted by Gasteiger charge is -2.43. The Morgan fingerprint density at radius 2 is 1.66 bits per heavy atom. The first-order chi connectivity index (χ1) is 13.6. The molecular weight excluding hydrogens is 369 g/mol. The van der Waals surface area contributed by atoms with Gasteiger partial charge in [-0.3, -0.25) is 9.59 Å². The highest BCUT2D eigenvalue weighted by Gasteiger charge is 2.49. The van der Waals surface area contributed by atoms with Crippen molar-refractivity contribution in [2.75, 3.05) is 5.32 Å². The van der Waals surface area contributed by atoms with E-state index in [-0.39, 0.29) is 18.0 Å². The lowest BCUT2D eigenvalue weighted by atomic mass is 9.64. The maximum atomic E-state index is 13.5. The molecular formula is C24H26FNO3. The van der Waals surface area contributed by atoms with E-state index in [9.17, 15) is 19.1 Å². The molecule has 29 heavy (non-hydrogen) atoms. The lowest BCUT2D eigenvalue weighted by molar-refractivity contribution is -0.131. The molecule has 4 nitrogen and oxygen atoms in total. The van der Waals surface area contributed by atoms with E-state index in [4.69, 9.17) is 0 Å². The van der Waals surface area contributed by atoms with Crippen LogP contribution in [0.1, 0.15) is 44.2 Å². The summed E-state index contributed by atoms with van der Waals surface area (Å²) < 4.78 is 13.5. The molecule has 0 bridgehead atoms. The summed E-state index contributed by atoms with van der Waals surface area (Å²) in [6, 6.07) is 13.5. The Labute approximate surface area is 170 Å². The Hall–Kier alpha value is -2.79. The molecule has 0 amide bonds. The van der Waals surface area contributed by atoms with E-state index < -0.39 is 23.3 Å². The molecule has 0 unspecified atom stereocenters. The van der Waals surface area contributed by atoms with Gasteiger partial charge in [-0.1, -0.05) is 29.8 Å². The van der Waals surface area contributed by atoms with Gasteiger partial charge in [-0.05, 0) is 57.5 Å². The average molecular weight is 395 g/mol. The molecule has 0 heterocycles. The van der Waals surface area contributed by atoms with Crippen LogP contribution >= 0.6 is 0 Å². The predicted molar refractivity (Wildman–Crippen MR) is 111 cm³/mol. The minimum Gasteiger partial charge on any atom is -0.389 e. The molecule has 0 spiro atoms. The smallest absolute Gasteiger partial charge is 0.158 e. The fraction of sp³-hybridized carbons (Fsp3) is 0.333. The van der Waals surface area contributed by atoms with E-state index in [0.717, 1.165) is 11.3 Å². The lowest BCUT2D eigenvalue weighted by Crippen LogP contribution is -2.48. The Bertz CT molecular complexity index is 959. The van der Waals surface area contributed by atoms with Crippen molar-refractivity contribution < 1.29 is 19.1 Å². The number of carbonyl (C=O) groups excluding carboxylic acids is 2. The highest BCUT2D eigenvalue weighted by atomic mass is 19.1. The minimum absolute atomic E-state index is 0.137. The third-order valence-electron chi connectivity index (χ3n) is 5.57. The highest BCUT2D eigenvalue weighted by Crippen LogP contribution is 2.47. The van der Waals surface area contributed by atoms with Crippen LogP contribution in [0.25, 0.3) is 0 Å². The van der Waals surface area contributed by atoms with Crippen LogP contribution in [-0.4, -0.2) is 22.3 Å². The van der Waals surface area contributed by atoms with Gasteiger partial charge in [0.15, 0.2) is 5.78 Å². The van der Waals surface area contributed by atoms with Crippen LogP contribution < -0.4 is 5.32 Å². The number of aryl methyl sites for hydroxylation is 1. The third-order valence-corrected chi connectivity index (χ3v) is 5.57. The molecule has 3 rings (SSSR count). The fourth-order valence-electron chi connectivity index (χ4n) is 4.33. The number of halogens is 1. The second-order valence-electron chi connectivity index (χ2n) is 8.09. The summed E-state index contributed by atoms with van der Waals surface area (Å²) in [6.07, 6.45) is 0.137. The second kappa shape index (κ2) is 7.91. The molecule has 152 valence electrons. The molecule has 1 aliphatic rings. The highest BCUT2D eigenvalue weighted by molar-refractivity contribution is 5.98. The van der Waals surface area contributed by atoms with Crippen molar-refractivity contribution in [2.45, 2.75) is 45.6 Å². The first kappa shape index (κ1) is 20.9. The van der Waals surface area contributed by atoms with Crippen molar-refractivity contribution in [1.29, 1.82) is 0 Å². The van der Waals surface area contributed by atoms with Crippen LogP contribution in [0, 0.1) is 18.7 Å². The van der Waals surface area contributed by atoms with Gasteiger partial charge in [-0.2, -0.15) is 0 Å². The summed E-state index contributed by atoms with van der Waals surface area (Å²) in [4.78, 5) is 25.3. The van der Waals surface area contributed by atoms with Crippen molar-refractivity contribution in [3.05, 3.63) is 76.7 Å². The van der Waals surface area contributed by atoms with E-state index in [2.05, 4.69) is 5.32 Å². The third kappa shape index (κ3) is 4.30. The van der Waals surface area contributed by atoms with E-state index in [1.54, 1.807) is 19.1 Å². The Balaban J connectivity index is 2.19. The minimum atomic E-state index is -1.36. The summed E-state index contributed by atoms with van der Waals surface area (Å²) >= 11 is 0. The van der Waals surface area contributed by atoms with Crippen molar-refractivity contribution in [3.8, 4) is 0 Å². The molecule has 2 aromatic carbocycles. The van der Waals surface area contributed by atoms with Crippen LogP contribution in [-0.2, 0) is 9.59 Å². The SMILES string of the molecule is CC(=O)C1=C(Nc2ccc(C)cc2)C[C@@](C)(O)[C@H](C(C)=O)[C@@H]1c1ccc(F)cc1. The van der Waals surface area contributed by atoms with Crippen molar-refractivity contribution in [2.24, 2.45) is 5.92 Å². The number of ketones is 2. The first-order valence-corrected chi connectivity index (χ1v) is 9.66. The normalized spacial score (nSPS) is 24.3. The number of carbonyl (C=O) groups is 2. The second-order valence-corrected chi connectivity index (χ2v) is 8.09. The van der Waals surface area contributed by atoms with Gasteiger partial charge in [0.2, 0.25) is 0 Å². The summed E-state index contributed by atoms with van der Waals surface area (Å²) in [6.45, 7) is 6.48. The number of Topliss-reactive ketones (excluding diaryl/α,β-unsaturated/α-hetero) is 2. The summed E-state index contributed by atoms with van der Waals surface area (Å²) in [5.41, 5.74) is 2.19. The molecule has 0 saturated carbocycles. The van der Waals surface area contributed by atoms with Crippen LogP contribution in [0.5, 0.6) is 0 Å². The number of hydrogen-bond donors (Lipinski definition) is 2. The maximum Gasteiger partial charge on any atom is 0.158 e. The molecule has 0 aromatic heterocycles. The summed E-state index contributed by atoms with van der Waals surface area (Å²) in [5.74, 6) is -2.27. The largest absolute Gasteiger partial charge is 0.389 e. The molecule has 1 aliphatic carbocycles. The van der Waals surface area contributed by atoms with E-state index >= 15 is 0 Å². The first-order valence-electron chi connectivity index (χ1n) is 9.66. The Kier molecular flexibility index (Phi) is 5.71. The number of nitrogens with one attached hydrogen (secondary N) is 1. The van der Waals surface area contributed by atoms with Gasteiger partial charge in [0, 0.05) is 29.3 Å². The quantitative estimate of drug-likeness (QED) is 0.780. The number of rotatable bonds is 5. The van der Waals surface area contributed by atoms with Crippen molar-refractivity contribution >= 4 is 17.3 Å². The molecule has 2 aromatic rings. The number of allylic oxidation sites excluding steroid dienone is 1. The number of anilines is 1. The van der Waals surface area contributed by atoms with E-state index in [0.29, 0.717) is 16.8 Å². The number of aliphatic hydroxyl groups is 1. The zero-order valence-electron chi connectivity index (χ0n) is 17.1. The zero-order valence-corrected chi connectivity index (χ0v) is 17.1. The van der Waals surface area contributed by atoms with E-state index in [1.165, 1.54) is 26.0 Å². The number of benzene rings is 2. The monoisotopic (exact) mass is 395 g/mol. The Morgan fingerprint density at radius 1 is 1.07 bits per heavy atom. The van der Waals surface area contributed by atoms with Gasteiger partial charge in [-0.25, -0.2) is 4.39 Å². The molecule has 5 heteroatoms. The zero-order chi connectivity index (χ0) is 21.3. The molecule has 2 N–H and O–H groups in total. The van der Waals surface area contributed by atoms with Crippen LogP contribution in [0.15, 0.2) is 59.8 Å². The van der Waals surface area contributed by atoms with E-state index in [1.807, 2.05) is 31.2 Å². The average Bonchev–Trinajstić information content (AvgIpc) is 2.62.